The molecule has 0 bridgehead atoms. The first-order valence-corrected chi connectivity index (χ1v) is 7.45. The van der Waals surface area contributed by atoms with Gasteiger partial charge in [0, 0.05) is 31.8 Å². The van der Waals surface area contributed by atoms with Crippen molar-refractivity contribution in [2.24, 2.45) is 0 Å². The van der Waals surface area contributed by atoms with Crippen LogP contribution >= 0.6 is 11.3 Å². The number of benzene rings is 1. The first-order chi connectivity index (χ1) is 9.65. The van der Waals surface area contributed by atoms with Gasteiger partial charge in [-0.1, -0.05) is 11.3 Å². The van der Waals surface area contributed by atoms with Gasteiger partial charge in [-0.05, 0) is 25.5 Å². The zero-order chi connectivity index (χ0) is 14.1. The molecule has 2 aromatic rings. The van der Waals surface area contributed by atoms with E-state index in [1.54, 1.807) is 23.5 Å². The van der Waals surface area contributed by atoms with Crippen molar-refractivity contribution in [3.05, 3.63) is 28.3 Å². The van der Waals surface area contributed by atoms with Gasteiger partial charge < -0.3 is 10.2 Å². The molecule has 0 spiro atoms. The molecule has 0 saturated carbocycles. The van der Waals surface area contributed by atoms with Crippen molar-refractivity contribution in [1.82, 2.24) is 10.3 Å². The normalized spacial score (nSPS) is 19.1. The quantitative estimate of drug-likeness (QED) is 0.694. The lowest BCUT2D eigenvalue weighted by Gasteiger charge is -2.31. The molecule has 1 N–H and O–H groups in total. The van der Waals surface area contributed by atoms with E-state index in [1.807, 2.05) is 7.05 Å². The van der Waals surface area contributed by atoms with Gasteiger partial charge in [-0.15, -0.1) is 0 Å². The zero-order valence-electron chi connectivity index (χ0n) is 11.2. The van der Waals surface area contributed by atoms with Gasteiger partial charge in [0.2, 0.25) is 0 Å². The van der Waals surface area contributed by atoms with Crippen molar-refractivity contribution in [2.75, 3.05) is 25.0 Å². The SMILES string of the molecule is CN(c1nc2cc([N+](=O)[O-])ccc2s1)[C@@H]1CCCNC1. The van der Waals surface area contributed by atoms with Crippen LogP contribution in [-0.2, 0) is 0 Å². The number of nitro benzene ring substituents is 1. The summed E-state index contributed by atoms with van der Waals surface area (Å²) in [6.45, 7) is 2.04. The van der Waals surface area contributed by atoms with E-state index in [4.69, 9.17) is 0 Å². The Bertz CT molecular complexity index is 636. The first kappa shape index (κ1) is 13.3. The minimum Gasteiger partial charge on any atom is -0.347 e. The second-order valence-corrected chi connectivity index (χ2v) is 6.03. The van der Waals surface area contributed by atoms with E-state index in [2.05, 4.69) is 15.2 Å². The summed E-state index contributed by atoms with van der Waals surface area (Å²) in [5, 5.41) is 15.1. The molecule has 1 fully saturated rings. The van der Waals surface area contributed by atoms with Gasteiger partial charge in [-0.2, -0.15) is 0 Å². The third-order valence-corrected chi connectivity index (χ3v) is 4.82. The minimum atomic E-state index is -0.382. The average Bonchev–Trinajstić information content (AvgIpc) is 2.90. The van der Waals surface area contributed by atoms with Gasteiger partial charge in [0.05, 0.1) is 15.1 Å². The molecule has 2 heterocycles. The number of non-ortho nitro benzene ring substituents is 1. The Balaban J connectivity index is 1.89. The van der Waals surface area contributed by atoms with Crippen LogP contribution in [0.3, 0.4) is 0 Å². The van der Waals surface area contributed by atoms with Crippen LogP contribution in [0.25, 0.3) is 10.2 Å². The molecular formula is C13H16N4O2S. The highest BCUT2D eigenvalue weighted by molar-refractivity contribution is 7.22. The lowest BCUT2D eigenvalue weighted by atomic mass is 10.1. The van der Waals surface area contributed by atoms with Crippen LogP contribution in [0.5, 0.6) is 0 Å². The van der Waals surface area contributed by atoms with E-state index in [0.717, 1.165) is 29.3 Å². The zero-order valence-corrected chi connectivity index (χ0v) is 12.0. The number of aromatic nitrogens is 1. The molecule has 0 amide bonds. The van der Waals surface area contributed by atoms with E-state index < -0.39 is 0 Å². The second-order valence-electron chi connectivity index (χ2n) is 5.02. The molecule has 1 aliphatic rings. The highest BCUT2D eigenvalue weighted by atomic mass is 32.1. The highest BCUT2D eigenvalue weighted by Gasteiger charge is 2.21. The van der Waals surface area contributed by atoms with Crippen LogP contribution in [0.4, 0.5) is 10.8 Å². The fraction of sp³-hybridized carbons (Fsp3) is 0.462. The summed E-state index contributed by atoms with van der Waals surface area (Å²) in [6, 6.07) is 5.30. The molecule has 1 saturated heterocycles. The van der Waals surface area contributed by atoms with E-state index in [1.165, 1.54) is 12.5 Å². The van der Waals surface area contributed by atoms with Crippen molar-refractivity contribution in [3.63, 3.8) is 0 Å². The lowest BCUT2D eigenvalue weighted by molar-refractivity contribution is -0.384. The lowest BCUT2D eigenvalue weighted by Crippen LogP contribution is -2.44. The Morgan fingerprint density at radius 1 is 1.55 bits per heavy atom. The van der Waals surface area contributed by atoms with Gasteiger partial charge in [-0.3, -0.25) is 10.1 Å². The number of fused-ring (bicyclic) bond motifs is 1. The highest BCUT2D eigenvalue weighted by Crippen LogP contribution is 2.32. The van der Waals surface area contributed by atoms with Crippen LogP contribution in [0, 0.1) is 10.1 Å². The molecule has 0 radical (unpaired) electrons. The molecule has 1 aromatic carbocycles. The molecule has 1 atom stereocenters. The van der Waals surface area contributed by atoms with Crippen molar-refractivity contribution >= 4 is 32.4 Å². The Hall–Kier alpha value is -1.73. The van der Waals surface area contributed by atoms with Crippen molar-refractivity contribution in [3.8, 4) is 0 Å². The maximum atomic E-state index is 10.8. The number of piperidine rings is 1. The Morgan fingerprint density at radius 3 is 3.10 bits per heavy atom. The van der Waals surface area contributed by atoms with E-state index in [0.29, 0.717) is 11.6 Å². The molecule has 1 aliphatic heterocycles. The third-order valence-electron chi connectivity index (χ3n) is 3.69. The van der Waals surface area contributed by atoms with Gasteiger partial charge in [-0.25, -0.2) is 4.98 Å². The summed E-state index contributed by atoms with van der Waals surface area (Å²) in [4.78, 5) is 17.1. The van der Waals surface area contributed by atoms with E-state index in [9.17, 15) is 10.1 Å². The maximum Gasteiger partial charge on any atom is 0.271 e. The number of anilines is 1. The topological polar surface area (TPSA) is 71.3 Å². The molecule has 106 valence electrons. The maximum absolute atomic E-state index is 10.8. The molecule has 6 nitrogen and oxygen atoms in total. The number of nitrogens with one attached hydrogen (secondary N) is 1. The Labute approximate surface area is 120 Å². The van der Waals surface area contributed by atoms with Crippen molar-refractivity contribution in [2.45, 2.75) is 18.9 Å². The Kier molecular flexibility index (Phi) is 3.54. The van der Waals surface area contributed by atoms with Crippen LogP contribution in [0.1, 0.15) is 12.8 Å². The molecule has 3 rings (SSSR count). The van der Waals surface area contributed by atoms with Gasteiger partial charge in [0.15, 0.2) is 5.13 Å². The van der Waals surface area contributed by atoms with Crippen LogP contribution in [0.15, 0.2) is 18.2 Å². The van der Waals surface area contributed by atoms with Gasteiger partial charge in [0.1, 0.15) is 0 Å². The minimum absolute atomic E-state index is 0.0938. The fourth-order valence-electron chi connectivity index (χ4n) is 2.49. The van der Waals surface area contributed by atoms with Crippen LogP contribution in [0.2, 0.25) is 0 Å². The number of thiazole rings is 1. The van der Waals surface area contributed by atoms with Gasteiger partial charge in [0.25, 0.3) is 5.69 Å². The summed E-state index contributed by atoms with van der Waals surface area (Å²) in [7, 11) is 2.05. The van der Waals surface area contributed by atoms with Crippen LogP contribution in [-0.4, -0.2) is 36.1 Å². The number of rotatable bonds is 3. The van der Waals surface area contributed by atoms with Crippen LogP contribution < -0.4 is 10.2 Å². The number of nitrogens with zero attached hydrogens (tertiary/aromatic N) is 3. The summed E-state index contributed by atoms with van der Waals surface area (Å²) in [5.74, 6) is 0. The fourth-order valence-corrected chi connectivity index (χ4v) is 3.47. The molecular weight excluding hydrogens is 276 g/mol. The summed E-state index contributed by atoms with van der Waals surface area (Å²) >= 11 is 1.58. The first-order valence-electron chi connectivity index (χ1n) is 6.63. The monoisotopic (exact) mass is 292 g/mol. The summed E-state index contributed by atoms with van der Waals surface area (Å²) in [6.07, 6.45) is 2.32. The van der Waals surface area contributed by atoms with E-state index >= 15 is 0 Å². The molecule has 7 heteroatoms. The standard InChI is InChI=1S/C13H16N4O2S/c1-16(10-3-2-6-14-8-10)13-15-11-7-9(17(18)19)4-5-12(11)20-13/h4-5,7,10,14H,2-3,6,8H2,1H3/t10-/m1/s1. The Morgan fingerprint density at radius 2 is 2.40 bits per heavy atom. The predicted molar refractivity (Wildman–Crippen MR) is 80.6 cm³/mol. The van der Waals surface area contributed by atoms with Crippen molar-refractivity contribution < 1.29 is 4.92 Å². The second kappa shape index (κ2) is 5.34. The van der Waals surface area contributed by atoms with Gasteiger partial charge >= 0.3 is 0 Å². The smallest absolute Gasteiger partial charge is 0.271 e. The molecule has 0 unspecified atom stereocenters. The third kappa shape index (κ3) is 2.46. The number of likely N-dealkylation sites (N-methyl/N-ethyl adjacent to an activating group) is 1. The molecule has 20 heavy (non-hydrogen) atoms. The predicted octanol–water partition coefficient (Wildman–Crippen LogP) is 2.39. The largest absolute Gasteiger partial charge is 0.347 e. The molecule has 1 aromatic heterocycles. The average molecular weight is 292 g/mol. The molecule has 0 aliphatic carbocycles. The van der Waals surface area contributed by atoms with Crippen molar-refractivity contribution in [1.29, 1.82) is 0 Å². The number of nitro groups is 1. The van der Waals surface area contributed by atoms with E-state index in [-0.39, 0.29) is 10.6 Å². The summed E-state index contributed by atoms with van der Waals surface area (Å²) in [5.41, 5.74) is 0.797. The summed E-state index contributed by atoms with van der Waals surface area (Å²) < 4.78 is 0.987. The number of hydrogen-bond donors (Lipinski definition) is 1. The number of hydrogen-bond acceptors (Lipinski definition) is 6.